The van der Waals surface area contributed by atoms with E-state index in [1.54, 1.807) is 12.4 Å². The fourth-order valence-corrected chi connectivity index (χ4v) is 2.38. The summed E-state index contributed by atoms with van der Waals surface area (Å²) in [5, 5.41) is 3.41. The zero-order chi connectivity index (χ0) is 12.1. The van der Waals surface area contributed by atoms with Crippen molar-refractivity contribution in [3.05, 3.63) is 24.3 Å². The molecule has 94 valence electrons. The van der Waals surface area contributed by atoms with Crippen LogP contribution in [-0.2, 0) is 0 Å². The maximum atomic E-state index is 4.38. The van der Waals surface area contributed by atoms with Crippen molar-refractivity contribution in [1.82, 2.24) is 20.2 Å². The lowest BCUT2D eigenvalue weighted by Crippen LogP contribution is -2.35. The Morgan fingerprint density at radius 2 is 2.18 bits per heavy atom. The van der Waals surface area contributed by atoms with E-state index in [9.17, 15) is 0 Å². The molecule has 1 aliphatic heterocycles. The summed E-state index contributed by atoms with van der Waals surface area (Å²) in [4.78, 5) is 10.9. The van der Waals surface area contributed by atoms with Gasteiger partial charge in [0.05, 0.1) is 11.7 Å². The van der Waals surface area contributed by atoms with Crippen molar-refractivity contribution in [2.24, 2.45) is 5.92 Å². The van der Waals surface area contributed by atoms with Crippen molar-refractivity contribution in [3.63, 3.8) is 0 Å². The monoisotopic (exact) mass is 234 g/mol. The maximum absolute atomic E-state index is 4.38. The van der Waals surface area contributed by atoms with Gasteiger partial charge in [-0.25, -0.2) is 0 Å². The van der Waals surface area contributed by atoms with Gasteiger partial charge in [0.15, 0.2) is 0 Å². The number of hydrogen-bond donors (Lipinski definition) is 1. The van der Waals surface area contributed by atoms with Crippen molar-refractivity contribution in [2.45, 2.75) is 25.8 Å². The molecule has 0 aromatic carbocycles. The van der Waals surface area contributed by atoms with Gasteiger partial charge in [0.1, 0.15) is 0 Å². The summed E-state index contributed by atoms with van der Waals surface area (Å²) in [6, 6.07) is 0.346. The molecule has 1 aromatic heterocycles. The first-order valence-corrected chi connectivity index (χ1v) is 6.44. The first-order valence-electron chi connectivity index (χ1n) is 6.44. The molecule has 1 saturated heterocycles. The number of aromatic nitrogens is 2. The van der Waals surface area contributed by atoms with Gasteiger partial charge in [-0.05, 0) is 45.8 Å². The minimum atomic E-state index is 0.346. The van der Waals surface area contributed by atoms with Crippen LogP contribution in [0.15, 0.2) is 18.6 Å². The molecule has 1 fully saturated rings. The van der Waals surface area contributed by atoms with Gasteiger partial charge in [0.25, 0.3) is 0 Å². The van der Waals surface area contributed by atoms with Gasteiger partial charge in [-0.2, -0.15) is 0 Å². The molecule has 0 bridgehead atoms. The lowest BCUT2D eigenvalue weighted by Gasteiger charge is -2.30. The van der Waals surface area contributed by atoms with Crippen LogP contribution in [0.1, 0.15) is 31.5 Å². The third-order valence-electron chi connectivity index (χ3n) is 3.68. The van der Waals surface area contributed by atoms with Crippen molar-refractivity contribution in [1.29, 1.82) is 0 Å². The van der Waals surface area contributed by atoms with Gasteiger partial charge < -0.3 is 5.32 Å². The van der Waals surface area contributed by atoms with E-state index in [4.69, 9.17) is 0 Å². The summed E-state index contributed by atoms with van der Waals surface area (Å²) in [6.45, 7) is 5.68. The number of rotatable bonds is 4. The Morgan fingerprint density at radius 3 is 2.82 bits per heavy atom. The number of piperidine rings is 1. The zero-order valence-corrected chi connectivity index (χ0v) is 10.8. The van der Waals surface area contributed by atoms with Gasteiger partial charge in [-0.3, -0.25) is 14.9 Å². The molecule has 0 spiro atoms. The SMILES string of the molecule is C[C@@H](c1cnccn1)N(C)CC1CCNCC1. The van der Waals surface area contributed by atoms with Crippen LogP contribution in [-0.4, -0.2) is 41.5 Å². The van der Waals surface area contributed by atoms with E-state index in [-0.39, 0.29) is 0 Å². The van der Waals surface area contributed by atoms with Crippen LogP contribution in [0.25, 0.3) is 0 Å². The summed E-state index contributed by atoms with van der Waals surface area (Å²) in [6.07, 6.45) is 7.94. The summed E-state index contributed by atoms with van der Waals surface area (Å²) >= 11 is 0. The van der Waals surface area contributed by atoms with E-state index in [1.165, 1.54) is 12.8 Å². The largest absolute Gasteiger partial charge is 0.317 e. The van der Waals surface area contributed by atoms with Crippen LogP contribution in [0.4, 0.5) is 0 Å². The van der Waals surface area contributed by atoms with Crippen LogP contribution in [0.3, 0.4) is 0 Å². The highest BCUT2D eigenvalue weighted by atomic mass is 15.1. The molecule has 2 heterocycles. The summed E-state index contributed by atoms with van der Waals surface area (Å²) in [5.74, 6) is 0.820. The predicted octanol–water partition coefficient (Wildman–Crippen LogP) is 1.47. The van der Waals surface area contributed by atoms with Crippen LogP contribution < -0.4 is 5.32 Å². The standard InChI is InChI=1S/C13H22N4/c1-11(13-9-15-7-8-16-13)17(2)10-12-3-5-14-6-4-12/h7-9,11-12,14H,3-6,10H2,1-2H3/t11-/m0/s1. The van der Waals surface area contributed by atoms with Crippen molar-refractivity contribution >= 4 is 0 Å². The van der Waals surface area contributed by atoms with Gasteiger partial charge in [0.2, 0.25) is 0 Å². The van der Waals surface area contributed by atoms with Gasteiger partial charge in [-0.15, -0.1) is 0 Å². The fourth-order valence-electron chi connectivity index (χ4n) is 2.38. The second kappa shape index (κ2) is 6.07. The smallest absolute Gasteiger partial charge is 0.0755 e. The van der Waals surface area contributed by atoms with Gasteiger partial charge in [-0.1, -0.05) is 0 Å². The van der Waals surface area contributed by atoms with E-state index in [1.807, 2.05) is 6.20 Å². The van der Waals surface area contributed by atoms with Gasteiger partial charge in [0, 0.05) is 25.1 Å². The Hall–Kier alpha value is -1.00. The zero-order valence-electron chi connectivity index (χ0n) is 10.8. The lowest BCUT2D eigenvalue weighted by molar-refractivity contribution is 0.194. The van der Waals surface area contributed by atoms with Crippen molar-refractivity contribution in [3.8, 4) is 0 Å². The first-order chi connectivity index (χ1) is 8.27. The van der Waals surface area contributed by atoms with Crippen LogP contribution in [0.2, 0.25) is 0 Å². The fraction of sp³-hybridized carbons (Fsp3) is 0.692. The molecule has 1 aliphatic rings. The van der Waals surface area contributed by atoms with Crippen LogP contribution in [0.5, 0.6) is 0 Å². The number of nitrogens with zero attached hydrogens (tertiary/aromatic N) is 3. The number of nitrogens with one attached hydrogen (secondary N) is 1. The summed E-state index contributed by atoms with van der Waals surface area (Å²) in [5.41, 5.74) is 1.06. The summed E-state index contributed by atoms with van der Waals surface area (Å²) in [7, 11) is 2.18. The second-order valence-corrected chi connectivity index (χ2v) is 4.94. The average Bonchev–Trinajstić information content (AvgIpc) is 2.40. The normalized spacial score (nSPS) is 19.5. The van der Waals surface area contributed by atoms with Crippen molar-refractivity contribution in [2.75, 3.05) is 26.7 Å². The van der Waals surface area contributed by atoms with E-state index in [2.05, 4.69) is 34.2 Å². The third kappa shape index (κ3) is 3.48. The Kier molecular flexibility index (Phi) is 4.45. The molecule has 2 rings (SSSR count). The highest BCUT2D eigenvalue weighted by molar-refractivity contribution is 5.00. The highest BCUT2D eigenvalue weighted by Crippen LogP contribution is 2.20. The van der Waals surface area contributed by atoms with E-state index < -0.39 is 0 Å². The van der Waals surface area contributed by atoms with Crippen LogP contribution >= 0.6 is 0 Å². The van der Waals surface area contributed by atoms with E-state index >= 15 is 0 Å². The number of hydrogen-bond acceptors (Lipinski definition) is 4. The molecule has 1 N–H and O–H groups in total. The Bertz CT molecular complexity index is 321. The Labute approximate surface area is 103 Å². The van der Waals surface area contributed by atoms with Crippen LogP contribution in [0, 0.1) is 5.92 Å². The minimum Gasteiger partial charge on any atom is -0.317 e. The highest BCUT2D eigenvalue weighted by Gasteiger charge is 2.19. The van der Waals surface area contributed by atoms with E-state index in [0.717, 1.165) is 31.2 Å². The first kappa shape index (κ1) is 12.5. The van der Waals surface area contributed by atoms with E-state index in [0.29, 0.717) is 6.04 Å². The molecule has 0 saturated carbocycles. The Balaban J connectivity index is 1.88. The van der Waals surface area contributed by atoms with Crippen molar-refractivity contribution < 1.29 is 0 Å². The molecular formula is C13H22N4. The quantitative estimate of drug-likeness (QED) is 0.856. The molecule has 0 radical (unpaired) electrons. The molecule has 0 amide bonds. The minimum absolute atomic E-state index is 0.346. The molecule has 1 atom stereocenters. The van der Waals surface area contributed by atoms with Gasteiger partial charge >= 0.3 is 0 Å². The molecular weight excluding hydrogens is 212 g/mol. The Morgan fingerprint density at radius 1 is 1.41 bits per heavy atom. The molecule has 17 heavy (non-hydrogen) atoms. The second-order valence-electron chi connectivity index (χ2n) is 4.94. The lowest BCUT2D eigenvalue weighted by atomic mass is 9.97. The molecule has 0 aliphatic carbocycles. The molecule has 1 aromatic rings. The maximum Gasteiger partial charge on any atom is 0.0755 e. The predicted molar refractivity (Wildman–Crippen MR) is 68.7 cm³/mol. The molecule has 0 unspecified atom stereocenters. The topological polar surface area (TPSA) is 41.1 Å². The third-order valence-corrected chi connectivity index (χ3v) is 3.68. The summed E-state index contributed by atoms with van der Waals surface area (Å²) < 4.78 is 0. The average molecular weight is 234 g/mol. The molecule has 4 heteroatoms. The molecule has 4 nitrogen and oxygen atoms in total.